The van der Waals surface area contributed by atoms with E-state index in [0.29, 0.717) is 17.8 Å². The van der Waals surface area contributed by atoms with E-state index < -0.39 is 0 Å². The number of nitrogens with zero attached hydrogens (tertiary/aromatic N) is 2. The summed E-state index contributed by atoms with van der Waals surface area (Å²) in [6, 6.07) is 16.3. The van der Waals surface area contributed by atoms with Crippen LogP contribution in [0.5, 0.6) is 0 Å². The molecule has 7 heteroatoms. The second kappa shape index (κ2) is 8.81. The fourth-order valence-electron chi connectivity index (χ4n) is 3.61. The first-order valence-corrected chi connectivity index (χ1v) is 11.1. The Morgan fingerprint density at radius 2 is 1.77 bits per heavy atom. The number of pyridine rings is 1. The third kappa shape index (κ3) is 4.56. The van der Waals surface area contributed by atoms with Crippen molar-refractivity contribution in [3.05, 3.63) is 77.0 Å². The summed E-state index contributed by atoms with van der Waals surface area (Å²) in [5, 5.41) is 6.74. The van der Waals surface area contributed by atoms with Crippen LogP contribution in [0, 0.1) is 20.8 Å². The molecule has 0 fully saturated rings. The van der Waals surface area contributed by atoms with Crippen molar-refractivity contribution in [1.29, 1.82) is 0 Å². The third-order valence-electron chi connectivity index (χ3n) is 5.12. The normalized spacial score (nSPS) is 12.8. The molecule has 158 valence electrons. The first kappa shape index (κ1) is 20.9. The number of thioether (sulfide) groups is 1. The lowest BCUT2D eigenvalue weighted by molar-refractivity contribution is 0.102. The van der Waals surface area contributed by atoms with Gasteiger partial charge in [0.1, 0.15) is 5.03 Å². The van der Waals surface area contributed by atoms with Crippen LogP contribution in [0.3, 0.4) is 0 Å². The van der Waals surface area contributed by atoms with Gasteiger partial charge < -0.3 is 10.6 Å². The molecule has 0 aliphatic carbocycles. The fourth-order valence-corrected chi connectivity index (χ4v) is 4.69. The predicted molar refractivity (Wildman–Crippen MR) is 126 cm³/mol. The molecule has 1 aromatic heterocycles. The number of urea groups is 1. The lowest BCUT2D eigenvalue weighted by Crippen LogP contribution is -2.39. The summed E-state index contributed by atoms with van der Waals surface area (Å²) < 4.78 is 0. The van der Waals surface area contributed by atoms with Gasteiger partial charge in [-0.1, -0.05) is 24.3 Å². The zero-order valence-electron chi connectivity index (χ0n) is 17.7. The maximum Gasteiger partial charge on any atom is 0.326 e. The average molecular weight is 433 g/mol. The number of aryl methyl sites for hydroxylation is 3. The largest absolute Gasteiger partial charge is 0.326 e. The molecule has 0 atom stereocenters. The summed E-state index contributed by atoms with van der Waals surface area (Å²) in [4.78, 5) is 32.1. The second-order valence-electron chi connectivity index (χ2n) is 7.51. The van der Waals surface area contributed by atoms with Crippen molar-refractivity contribution < 1.29 is 9.59 Å². The van der Waals surface area contributed by atoms with Crippen molar-refractivity contribution in [2.45, 2.75) is 25.8 Å². The minimum Gasteiger partial charge on any atom is -0.322 e. The molecule has 3 amide bonds. The molecule has 2 aromatic carbocycles. The van der Waals surface area contributed by atoms with Crippen LogP contribution in [-0.2, 0) is 0 Å². The van der Waals surface area contributed by atoms with E-state index in [0.717, 1.165) is 39.0 Å². The highest BCUT2D eigenvalue weighted by Gasteiger charge is 2.26. The molecule has 0 unspecified atom stereocenters. The van der Waals surface area contributed by atoms with Crippen molar-refractivity contribution in [2.75, 3.05) is 27.8 Å². The highest BCUT2D eigenvalue weighted by atomic mass is 32.2. The molecule has 31 heavy (non-hydrogen) atoms. The quantitative estimate of drug-likeness (QED) is 0.581. The van der Waals surface area contributed by atoms with Crippen LogP contribution in [0.15, 0.2) is 59.6 Å². The molecule has 3 aromatic rings. The van der Waals surface area contributed by atoms with E-state index in [-0.39, 0.29) is 11.9 Å². The second-order valence-corrected chi connectivity index (χ2v) is 8.60. The Balaban J connectivity index is 1.52. The topological polar surface area (TPSA) is 74.3 Å². The number of hydrogen-bond acceptors (Lipinski definition) is 4. The van der Waals surface area contributed by atoms with Crippen LogP contribution in [-0.4, -0.2) is 29.2 Å². The van der Waals surface area contributed by atoms with Crippen LogP contribution in [0.1, 0.15) is 27.2 Å². The Bertz CT molecular complexity index is 1160. The number of rotatable bonds is 3. The van der Waals surface area contributed by atoms with Gasteiger partial charge in [0.25, 0.3) is 5.91 Å². The molecule has 0 bridgehead atoms. The van der Waals surface area contributed by atoms with E-state index in [1.54, 1.807) is 40.9 Å². The van der Waals surface area contributed by atoms with E-state index in [1.807, 2.05) is 51.1 Å². The SMILES string of the molecule is Cc1cc(C)c2c(n1)SCCN2C(=O)Nc1cccc(C(=O)Nc2ccccc2C)c1. The highest BCUT2D eigenvalue weighted by molar-refractivity contribution is 7.99. The van der Waals surface area contributed by atoms with E-state index in [2.05, 4.69) is 15.6 Å². The summed E-state index contributed by atoms with van der Waals surface area (Å²) >= 11 is 1.67. The Morgan fingerprint density at radius 1 is 0.968 bits per heavy atom. The Hall–Kier alpha value is -3.32. The van der Waals surface area contributed by atoms with Gasteiger partial charge in [-0.2, -0.15) is 0 Å². The molecule has 1 aliphatic rings. The van der Waals surface area contributed by atoms with Crippen LogP contribution in [0.4, 0.5) is 21.9 Å². The molecule has 2 N–H and O–H groups in total. The number of carbonyl (C=O) groups excluding carboxylic acids is 2. The molecule has 6 nitrogen and oxygen atoms in total. The lowest BCUT2D eigenvalue weighted by Gasteiger charge is -2.30. The van der Waals surface area contributed by atoms with Crippen molar-refractivity contribution in [2.24, 2.45) is 0 Å². The van der Waals surface area contributed by atoms with Crippen LogP contribution >= 0.6 is 11.8 Å². The van der Waals surface area contributed by atoms with Gasteiger partial charge in [-0.05, 0) is 62.2 Å². The van der Waals surface area contributed by atoms with Crippen molar-refractivity contribution in [3.63, 3.8) is 0 Å². The van der Waals surface area contributed by atoms with Gasteiger partial charge in [0.05, 0.1) is 5.69 Å². The molecular formula is C24H24N4O2S. The average Bonchev–Trinajstić information content (AvgIpc) is 2.75. The van der Waals surface area contributed by atoms with Gasteiger partial charge in [-0.25, -0.2) is 9.78 Å². The molecule has 0 spiro atoms. The Labute approximate surface area is 186 Å². The van der Waals surface area contributed by atoms with Gasteiger partial charge in [-0.3, -0.25) is 9.69 Å². The molecule has 1 aliphatic heterocycles. The molecule has 4 rings (SSSR count). The number of nitrogens with one attached hydrogen (secondary N) is 2. The van der Waals surface area contributed by atoms with Crippen LogP contribution < -0.4 is 15.5 Å². The van der Waals surface area contributed by atoms with Gasteiger partial charge in [0, 0.05) is 34.9 Å². The summed E-state index contributed by atoms with van der Waals surface area (Å²) in [5.74, 6) is 0.565. The smallest absolute Gasteiger partial charge is 0.322 e. The summed E-state index contributed by atoms with van der Waals surface area (Å²) in [6.07, 6.45) is 0. The third-order valence-corrected chi connectivity index (χ3v) is 6.06. The van der Waals surface area contributed by atoms with E-state index >= 15 is 0 Å². The van der Waals surface area contributed by atoms with E-state index in [1.165, 1.54) is 0 Å². The van der Waals surface area contributed by atoms with E-state index in [4.69, 9.17) is 0 Å². The fraction of sp³-hybridized carbons (Fsp3) is 0.208. The zero-order valence-corrected chi connectivity index (χ0v) is 18.5. The number of para-hydroxylation sites is 1. The standard InChI is InChI=1S/C24H24N4O2S/c1-15-7-4-5-10-20(15)27-22(29)18-8-6-9-19(14-18)26-24(30)28-11-12-31-23-21(28)16(2)13-17(3)25-23/h4-10,13-14H,11-12H2,1-3H3,(H,26,30)(H,27,29). The summed E-state index contributed by atoms with van der Waals surface area (Å²) in [5.41, 5.74) is 5.62. The first-order valence-electron chi connectivity index (χ1n) is 10.1. The number of anilines is 3. The number of carbonyl (C=O) groups is 2. The maximum absolute atomic E-state index is 13.1. The zero-order chi connectivity index (χ0) is 22.0. The first-order chi connectivity index (χ1) is 14.9. The molecule has 0 radical (unpaired) electrons. The van der Waals surface area contributed by atoms with Crippen molar-refractivity contribution >= 4 is 40.8 Å². The minimum atomic E-state index is -0.230. The number of benzene rings is 2. The monoisotopic (exact) mass is 432 g/mol. The van der Waals surface area contributed by atoms with Crippen LogP contribution in [0.25, 0.3) is 0 Å². The van der Waals surface area contributed by atoms with Crippen LogP contribution in [0.2, 0.25) is 0 Å². The summed E-state index contributed by atoms with van der Waals surface area (Å²) in [6.45, 7) is 6.50. The van der Waals surface area contributed by atoms with Gasteiger partial charge >= 0.3 is 6.03 Å². The Kier molecular flexibility index (Phi) is 5.95. The Morgan fingerprint density at radius 3 is 2.58 bits per heavy atom. The number of hydrogen-bond donors (Lipinski definition) is 2. The number of aromatic nitrogens is 1. The van der Waals surface area contributed by atoms with Gasteiger partial charge in [0.15, 0.2) is 0 Å². The number of amides is 3. The highest BCUT2D eigenvalue weighted by Crippen LogP contribution is 2.36. The van der Waals surface area contributed by atoms with Gasteiger partial charge in [-0.15, -0.1) is 11.8 Å². The predicted octanol–water partition coefficient (Wildman–Crippen LogP) is 5.40. The lowest BCUT2D eigenvalue weighted by atomic mass is 10.1. The molecule has 2 heterocycles. The molecule has 0 saturated heterocycles. The van der Waals surface area contributed by atoms with Crippen molar-refractivity contribution in [1.82, 2.24) is 4.98 Å². The van der Waals surface area contributed by atoms with E-state index in [9.17, 15) is 9.59 Å². The molecule has 0 saturated carbocycles. The maximum atomic E-state index is 13.1. The van der Waals surface area contributed by atoms with Crippen molar-refractivity contribution in [3.8, 4) is 0 Å². The van der Waals surface area contributed by atoms with Gasteiger partial charge in [0.2, 0.25) is 0 Å². The molecular weight excluding hydrogens is 408 g/mol. The number of fused-ring (bicyclic) bond motifs is 1. The minimum absolute atomic E-state index is 0.222. The summed E-state index contributed by atoms with van der Waals surface area (Å²) in [7, 11) is 0.